The smallest absolute Gasteiger partial charge is 0.214 e. The molecule has 0 atom stereocenters. The number of sulfonamides is 1. The zero-order chi connectivity index (χ0) is 19.3. The van der Waals surface area contributed by atoms with Gasteiger partial charge < -0.3 is 10.1 Å². The number of hydrogen-bond donors (Lipinski definition) is 2. The molecular weight excluding hydrogens is 360 g/mol. The van der Waals surface area contributed by atoms with Crippen molar-refractivity contribution >= 4 is 15.7 Å². The summed E-state index contributed by atoms with van der Waals surface area (Å²) in [5.74, 6) is 1.56. The summed E-state index contributed by atoms with van der Waals surface area (Å²) in [4.78, 5) is 0. The molecule has 6 heteroatoms. The monoisotopic (exact) mass is 394 g/mol. The lowest BCUT2D eigenvalue weighted by atomic mass is 9.86. The molecule has 0 saturated heterocycles. The predicted molar refractivity (Wildman–Crippen MR) is 111 cm³/mol. The highest BCUT2D eigenvalue weighted by Crippen LogP contribution is 2.27. The number of benzene rings is 1. The average molecular weight is 395 g/mol. The summed E-state index contributed by atoms with van der Waals surface area (Å²) in [5.41, 5.74) is 1.12. The SMILES string of the molecule is CC(C)S(=O)(=O)NC1CCC(CNc2ccc(OC3CCCC3)cc2)CC1. The fourth-order valence-electron chi connectivity index (χ4n) is 3.97. The number of anilines is 1. The van der Waals surface area contributed by atoms with Gasteiger partial charge in [0.1, 0.15) is 5.75 Å². The van der Waals surface area contributed by atoms with Crippen LogP contribution in [0.4, 0.5) is 5.69 Å². The maximum absolute atomic E-state index is 12.0. The Morgan fingerprint density at radius 1 is 1.00 bits per heavy atom. The Morgan fingerprint density at radius 3 is 2.22 bits per heavy atom. The summed E-state index contributed by atoms with van der Waals surface area (Å²) in [7, 11) is -3.16. The standard InChI is InChI=1S/C21H34N2O3S/c1-16(2)27(24,25)23-19-9-7-17(8-10-19)15-22-18-11-13-21(14-12-18)26-20-5-3-4-6-20/h11-14,16-17,19-20,22-23H,3-10,15H2,1-2H3. The highest BCUT2D eigenvalue weighted by atomic mass is 32.2. The van der Waals surface area contributed by atoms with Gasteiger partial charge in [0, 0.05) is 18.3 Å². The highest BCUT2D eigenvalue weighted by molar-refractivity contribution is 7.90. The topological polar surface area (TPSA) is 67.4 Å². The van der Waals surface area contributed by atoms with E-state index in [1.807, 2.05) is 0 Å². The van der Waals surface area contributed by atoms with E-state index in [1.165, 1.54) is 25.7 Å². The molecule has 0 heterocycles. The van der Waals surface area contributed by atoms with E-state index in [0.29, 0.717) is 12.0 Å². The van der Waals surface area contributed by atoms with Crippen LogP contribution in [0, 0.1) is 5.92 Å². The number of rotatable bonds is 8. The molecule has 1 aromatic rings. The Hall–Kier alpha value is -1.27. The molecular formula is C21H34N2O3S. The maximum atomic E-state index is 12.0. The minimum atomic E-state index is -3.16. The van der Waals surface area contributed by atoms with Crippen LogP contribution in [0.5, 0.6) is 5.75 Å². The van der Waals surface area contributed by atoms with E-state index in [2.05, 4.69) is 34.3 Å². The third-order valence-electron chi connectivity index (χ3n) is 5.85. The molecule has 0 unspecified atom stereocenters. The molecule has 27 heavy (non-hydrogen) atoms. The Kier molecular flexibility index (Phi) is 7.04. The molecule has 2 fully saturated rings. The van der Waals surface area contributed by atoms with Gasteiger partial charge in [-0.3, -0.25) is 0 Å². The van der Waals surface area contributed by atoms with E-state index in [4.69, 9.17) is 4.74 Å². The van der Waals surface area contributed by atoms with Crippen LogP contribution in [0.15, 0.2) is 24.3 Å². The van der Waals surface area contributed by atoms with E-state index in [0.717, 1.165) is 43.7 Å². The van der Waals surface area contributed by atoms with Gasteiger partial charge in [0.05, 0.1) is 11.4 Å². The highest BCUT2D eigenvalue weighted by Gasteiger charge is 2.26. The van der Waals surface area contributed by atoms with E-state index in [1.54, 1.807) is 13.8 Å². The van der Waals surface area contributed by atoms with Crippen molar-refractivity contribution in [3.8, 4) is 5.75 Å². The van der Waals surface area contributed by atoms with Crippen molar-refractivity contribution in [1.82, 2.24) is 4.72 Å². The minimum Gasteiger partial charge on any atom is -0.490 e. The molecule has 152 valence electrons. The molecule has 0 radical (unpaired) electrons. The van der Waals surface area contributed by atoms with Crippen molar-refractivity contribution in [3.63, 3.8) is 0 Å². The second kappa shape index (κ2) is 9.28. The van der Waals surface area contributed by atoms with Gasteiger partial charge in [-0.1, -0.05) is 0 Å². The minimum absolute atomic E-state index is 0.0978. The summed E-state index contributed by atoms with van der Waals surface area (Å²) in [5, 5.41) is 3.16. The fourth-order valence-corrected chi connectivity index (χ4v) is 4.94. The summed E-state index contributed by atoms with van der Waals surface area (Å²) in [6.45, 7) is 4.39. The van der Waals surface area contributed by atoms with Crippen molar-refractivity contribution in [2.24, 2.45) is 5.92 Å². The van der Waals surface area contributed by atoms with Crippen LogP contribution in [0.3, 0.4) is 0 Å². The first-order valence-electron chi connectivity index (χ1n) is 10.4. The first-order valence-corrected chi connectivity index (χ1v) is 12.0. The van der Waals surface area contributed by atoms with Gasteiger partial charge in [-0.2, -0.15) is 0 Å². The van der Waals surface area contributed by atoms with Crippen molar-refractivity contribution in [2.45, 2.75) is 82.6 Å². The van der Waals surface area contributed by atoms with Gasteiger partial charge in [0.25, 0.3) is 0 Å². The second-order valence-corrected chi connectivity index (χ2v) is 10.6. The zero-order valence-electron chi connectivity index (χ0n) is 16.6. The lowest BCUT2D eigenvalue weighted by Gasteiger charge is -2.29. The molecule has 0 bridgehead atoms. The zero-order valence-corrected chi connectivity index (χ0v) is 17.4. The van der Waals surface area contributed by atoms with Gasteiger partial charge in [-0.15, -0.1) is 0 Å². The predicted octanol–water partition coefficient (Wildman–Crippen LogP) is 4.31. The van der Waals surface area contributed by atoms with Gasteiger partial charge in [0.15, 0.2) is 0 Å². The molecule has 2 N–H and O–H groups in total. The summed E-state index contributed by atoms with van der Waals surface area (Å²) >= 11 is 0. The van der Waals surface area contributed by atoms with Crippen LogP contribution in [-0.4, -0.2) is 32.4 Å². The van der Waals surface area contributed by atoms with Crippen LogP contribution < -0.4 is 14.8 Å². The van der Waals surface area contributed by atoms with Crippen molar-refractivity contribution < 1.29 is 13.2 Å². The van der Waals surface area contributed by atoms with Gasteiger partial charge >= 0.3 is 0 Å². The molecule has 0 aliphatic heterocycles. The number of nitrogens with one attached hydrogen (secondary N) is 2. The number of ether oxygens (including phenoxy) is 1. The van der Waals surface area contributed by atoms with Crippen LogP contribution in [0.2, 0.25) is 0 Å². The second-order valence-electron chi connectivity index (χ2n) is 8.36. The van der Waals surface area contributed by atoms with Gasteiger partial charge in [-0.05, 0) is 95.4 Å². The van der Waals surface area contributed by atoms with Crippen LogP contribution in [0.25, 0.3) is 0 Å². The van der Waals surface area contributed by atoms with Gasteiger partial charge in [0.2, 0.25) is 10.0 Å². The van der Waals surface area contributed by atoms with Gasteiger partial charge in [-0.25, -0.2) is 13.1 Å². The Bertz CT molecular complexity index is 674. The molecule has 2 aliphatic rings. The Morgan fingerprint density at radius 2 is 1.63 bits per heavy atom. The molecule has 0 spiro atoms. The molecule has 0 aromatic heterocycles. The first-order chi connectivity index (χ1) is 12.9. The number of hydrogen-bond acceptors (Lipinski definition) is 4. The van der Waals surface area contributed by atoms with Crippen LogP contribution >= 0.6 is 0 Å². The van der Waals surface area contributed by atoms with Crippen molar-refractivity contribution in [2.75, 3.05) is 11.9 Å². The first kappa shape index (κ1) is 20.5. The maximum Gasteiger partial charge on any atom is 0.214 e. The molecule has 2 saturated carbocycles. The summed E-state index contributed by atoms with van der Waals surface area (Å²) in [6.07, 6.45) is 9.27. The Labute approximate surface area is 164 Å². The lowest BCUT2D eigenvalue weighted by Crippen LogP contribution is -2.41. The van der Waals surface area contributed by atoms with Crippen molar-refractivity contribution in [3.05, 3.63) is 24.3 Å². The third kappa shape index (κ3) is 6.11. The summed E-state index contributed by atoms with van der Waals surface area (Å²) in [6, 6.07) is 8.39. The molecule has 3 rings (SSSR count). The molecule has 5 nitrogen and oxygen atoms in total. The molecule has 0 amide bonds. The average Bonchev–Trinajstić information content (AvgIpc) is 3.15. The largest absolute Gasteiger partial charge is 0.490 e. The molecule has 1 aromatic carbocycles. The van der Waals surface area contributed by atoms with Crippen LogP contribution in [-0.2, 0) is 10.0 Å². The lowest BCUT2D eigenvalue weighted by molar-refractivity contribution is 0.210. The normalized spacial score (nSPS) is 24.3. The quantitative estimate of drug-likeness (QED) is 0.689. The van der Waals surface area contributed by atoms with E-state index in [9.17, 15) is 8.42 Å². The summed E-state index contributed by atoms with van der Waals surface area (Å²) < 4.78 is 32.9. The van der Waals surface area contributed by atoms with E-state index in [-0.39, 0.29) is 11.3 Å². The Balaban J connectivity index is 1.38. The van der Waals surface area contributed by atoms with E-state index < -0.39 is 10.0 Å². The fraction of sp³-hybridized carbons (Fsp3) is 0.714. The molecule has 2 aliphatic carbocycles. The van der Waals surface area contributed by atoms with E-state index >= 15 is 0 Å². The third-order valence-corrected chi connectivity index (χ3v) is 7.76. The van der Waals surface area contributed by atoms with Crippen molar-refractivity contribution in [1.29, 1.82) is 0 Å². The van der Waals surface area contributed by atoms with Crippen LogP contribution in [0.1, 0.15) is 65.2 Å².